The number of anilines is 1. The summed E-state index contributed by atoms with van der Waals surface area (Å²) >= 11 is 6.56. The molecule has 192 valence electrons. The standard InChI is InChI=1S/C25H18ClF3N2O5S/c1-15-22(26)20-4-2-3-5-21(20)30-23(15)31(14-16-6-10-18(11-7-16)36-25(27,28)29)37(34,35)19-12-8-17(9-13-19)24(32)33/h2-13H,14H2,1H3,(H,32,33). The number of aromatic carboxylic acids is 1. The molecule has 0 fully saturated rings. The summed E-state index contributed by atoms with van der Waals surface area (Å²) in [5.74, 6) is -1.67. The molecule has 4 rings (SSSR count). The third-order valence-corrected chi connectivity index (χ3v) is 7.68. The molecule has 12 heteroatoms. The van der Waals surface area contributed by atoms with Gasteiger partial charge in [0.15, 0.2) is 0 Å². The maximum absolute atomic E-state index is 13.8. The van der Waals surface area contributed by atoms with Crippen molar-refractivity contribution in [3.8, 4) is 5.75 Å². The Morgan fingerprint density at radius 3 is 2.24 bits per heavy atom. The van der Waals surface area contributed by atoms with Gasteiger partial charge in [0.1, 0.15) is 11.6 Å². The Morgan fingerprint density at radius 2 is 1.65 bits per heavy atom. The molecule has 0 amide bonds. The third-order valence-electron chi connectivity index (χ3n) is 5.44. The van der Waals surface area contributed by atoms with Gasteiger partial charge in [-0.05, 0) is 55.0 Å². The lowest BCUT2D eigenvalue weighted by Crippen LogP contribution is -2.32. The normalized spacial score (nSPS) is 11.9. The lowest BCUT2D eigenvalue weighted by atomic mass is 10.1. The molecule has 0 spiro atoms. The zero-order valence-corrected chi connectivity index (χ0v) is 20.6. The molecular weight excluding hydrogens is 533 g/mol. The van der Waals surface area contributed by atoms with Crippen LogP contribution >= 0.6 is 11.6 Å². The molecule has 37 heavy (non-hydrogen) atoms. The van der Waals surface area contributed by atoms with Gasteiger partial charge in [-0.25, -0.2) is 22.5 Å². The van der Waals surface area contributed by atoms with Crippen molar-refractivity contribution in [2.45, 2.75) is 24.7 Å². The number of fused-ring (bicyclic) bond motifs is 1. The first kappa shape index (κ1) is 26.2. The largest absolute Gasteiger partial charge is 0.573 e. The van der Waals surface area contributed by atoms with Crippen LogP contribution in [0.3, 0.4) is 0 Å². The van der Waals surface area contributed by atoms with Crippen molar-refractivity contribution in [2.24, 2.45) is 0 Å². The van der Waals surface area contributed by atoms with Crippen LogP contribution in [0.1, 0.15) is 21.5 Å². The number of pyridine rings is 1. The molecule has 1 N–H and O–H groups in total. The second kappa shape index (κ2) is 9.91. The van der Waals surface area contributed by atoms with Gasteiger partial charge in [0.2, 0.25) is 0 Å². The van der Waals surface area contributed by atoms with Crippen LogP contribution in [0.15, 0.2) is 77.7 Å². The number of para-hydroxylation sites is 1. The maximum Gasteiger partial charge on any atom is 0.573 e. The minimum absolute atomic E-state index is 0.0154. The van der Waals surface area contributed by atoms with E-state index in [9.17, 15) is 26.4 Å². The Labute approximate surface area is 214 Å². The number of benzene rings is 3. The monoisotopic (exact) mass is 550 g/mol. The molecule has 0 aliphatic rings. The summed E-state index contributed by atoms with van der Waals surface area (Å²) in [7, 11) is -4.33. The summed E-state index contributed by atoms with van der Waals surface area (Å²) < 4.78 is 70.1. The molecular formula is C25H18ClF3N2O5S. The zero-order chi connectivity index (χ0) is 27.0. The van der Waals surface area contributed by atoms with Crippen molar-refractivity contribution in [3.05, 3.63) is 94.5 Å². The van der Waals surface area contributed by atoms with Gasteiger partial charge in [-0.2, -0.15) is 0 Å². The molecule has 0 unspecified atom stereocenters. The minimum atomic E-state index is -4.87. The molecule has 7 nitrogen and oxygen atoms in total. The van der Waals surface area contributed by atoms with Crippen LogP contribution in [0.5, 0.6) is 5.75 Å². The number of hydrogen-bond donors (Lipinski definition) is 1. The van der Waals surface area contributed by atoms with Crippen LogP contribution in [0, 0.1) is 6.92 Å². The van der Waals surface area contributed by atoms with Gasteiger partial charge in [-0.3, -0.25) is 0 Å². The van der Waals surface area contributed by atoms with E-state index in [0.29, 0.717) is 22.0 Å². The second-order valence-electron chi connectivity index (χ2n) is 7.92. The number of rotatable bonds is 7. The number of carbonyl (C=O) groups is 1. The number of aromatic nitrogens is 1. The van der Waals surface area contributed by atoms with E-state index in [1.165, 1.54) is 12.1 Å². The van der Waals surface area contributed by atoms with Crippen molar-refractivity contribution in [2.75, 3.05) is 4.31 Å². The summed E-state index contributed by atoms with van der Waals surface area (Å²) in [5.41, 5.74) is 1.03. The van der Waals surface area contributed by atoms with Crippen LogP contribution in [0.4, 0.5) is 19.0 Å². The molecule has 0 aliphatic carbocycles. The van der Waals surface area contributed by atoms with Gasteiger partial charge in [0.05, 0.1) is 27.5 Å². The van der Waals surface area contributed by atoms with Crippen molar-refractivity contribution >= 4 is 44.3 Å². The predicted octanol–water partition coefficient (Wildman–Crippen LogP) is 6.19. The van der Waals surface area contributed by atoms with Crippen LogP contribution in [-0.4, -0.2) is 30.8 Å². The number of halogens is 4. The van der Waals surface area contributed by atoms with Crippen LogP contribution < -0.4 is 9.04 Å². The van der Waals surface area contributed by atoms with Crippen LogP contribution in [0.2, 0.25) is 5.02 Å². The molecule has 0 radical (unpaired) electrons. The number of carboxylic acids is 1. The fourth-order valence-corrected chi connectivity index (χ4v) is 5.33. The lowest BCUT2D eigenvalue weighted by molar-refractivity contribution is -0.274. The predicted molar refractivity (Wildman–Crippen MR) is 131 cm³/mol. The molecule has 3 aromatic carbocycles. The fraction of sp³-hybridized carbons (Fsp3) is 0.120. The third kappa shape index (κ3) is 5.62. The second-order valence-corrected chi connectivity index (χ2v) is 10.2. The van der Waals surface area contributed by atoms with E-state index < -0.39 is 28.1 Å². The van der Waals surface area contributed by atoms with E-state index in [0.717, 1.165) is 40.7 Å². The maximum atomic E-state index is 13.8. The summed E-state index contributed by atoms with van der Waals surface area (Å²) in [5, 5.41) is 10.1. The Kier molecular flexibility index (Phi) is 7.03. The average molecular weight is 551 g/mol. The van der Waals surface area contributed by atoms with E-state index in [1.807, 2.05) is 0 Å². The van der Waals surface area contributed by atoms with Gasteiger partial charge in [-0.15, -0.1) is 13.2 Å². The van der Waals surface area contributed by atoms with Gasteiger partial charge >= 0.3 is 12.3 Å². The van der Waals surface area contributed by atoms with E-state index in [1.54, 1.807) is 31.2 Å². The first-order valence-electron chi connectivity index (χ1n) is 10.6. The average Bonchev–Trinajstić information content (AvgIpc) is 2.85. The van der Waals surface area contributed by atoms with Crippen LogP contribution in [0.25, 0.3) is 10.9 Å². The van der Waals surface area contributed by atoms with Crippen molar-refractivity contribution in [3.63, 3.8) is 0 Å². The van der Waals surface area contributed by atoms with E-state index in [4.69, 9.17) is 16.7 Å². The topological polar surface area (TPSA) is 96.8 Å². The van der Waals surface area contributed by atoms with Crippen molar-refractivity contribution < 1.29 is 36.2 Å². The Morgan fingerprint density at radius 1 is 1.03 bits per heavy atom. The molecule has 0 aliphatic heterocycles. The van der Waals surface area contributed by atoms with Crippen LogP contribution in [-0.2, 0) is 16.6 Å². The molecule has 1 heterocycles. The smallest absolute Gasteiger partial charge is 0.478 e. The Hall–Kier alpha value is -3.83. The lowest BCUT2D eigenvalue weighted by Gasteiger charge is -2.26. The van der Waals surface area contributed by atoms with Crippen molar-refractivity contribution in [1.82, 2.24) is 4.98 Å². The Bertz CT molecular complexity index is 1580. The summed E-state index contributed by atoms with van der Waals surface area (Å²) in [6.45, 7) is 1.30. The fourth-order valence-electron chi connectivity index (χ4n) is 3.63. The number of carboxylic acid groups (broad SMARTS) is 1. The summed E-state index contributed by atoms with van der Waals surface area (Å²) in [6, 6.07) is 16.3. The van der Waals surface area contributed by atoms with E-state index in [2.05, 4.69) is 9.72 Å². The first-order valence-corrected chi connectivity index (χ1v) is 12.4. The van der Waals surface area contributed by atoms with Gasteiger partial charge in [-0.1, -0.05) is 41.9 Å². The quantitative estimate of drug-likeness (QED) is 0.295. The molecule has 0 saturated heterocycles. The molecule has 0 bridgehead atoms. The van der Waals surface area contributed by atoms with Gasteiger partial charge in [0, 0.05) is 10.9 Å². The SMILES string of the molecule is Cc1c(N(Cc2ccc(OC(F)(F)F)cc2)S(=O)(=O)c2ccc(C(=O)O)cc2)nc2ccccc2c1Cl. The van der Waals surface area contributed by atoms with E-state index >= 15 is 0 Å². The molecule has 1 aromatic heterocycles. The minimum Gasteiger partial charge on any atom is -0.478 e. The van der Waals surface area contributed by atoms with Gasteiger partial charge < -0.3 is 9.84 Å². The number of sulfonamides is 1. The van der Waals surface area contributed by atoms with Gasteiger partial charge in [0.25, 0.3) is 10.0 Å². The first-order chi connectivity index (χ1) is 17.4. The highest BCUT2D eigenvalue weighted by molar-refractivity contribution is 7.92. The highest BCUT2D eigenvalue weighted by Gasteiger charge is 2.32. The highest BCUT2D eigenvalue weighted by Crippen LogP contribution is 2.35. The van der Waals surface area contributed by atoms with E-state index in [-0.39, 0.29) is 27.8 Å². The zero-order valence-electron chi connectivity index (χ0n) is 19.0. The summed E-state index contributed by atoms with van der Waals surface area (Å²) in [4.78, 5) is 15.5. The number of nitrogens with zero attached hydrogens (tertiary/aromatic N) is 2. The molecule has 0 saturated carbocycles. The number of ether oxygens (including phenoxy) is 1. The molecule has 4 aromatic rings. The Balaban J connectivity index is 1.83. The molecule has 0 atom stereocenters. The highest BCUT2D eigenvalue weighted by atomic mass is 35.5. The number of alkyl halides is 3. The number of hydrogen-bond acceptors (Lipinski definition) is 5. The summed E-state index contributed by atoms with van der Waals surface area (Å²) in [6.07, 6.45) is -4.87. The van der Waals surface area contributed by atoms with Crippen molar-refractivity contribution in [1.29, 1.82) is 0 Å².